The Kier molecular flexibility index (Phi) is 4.89. The second-order valence-corrected chi connectivity index (χ2v) is 4.71. The van der Waals surface area contributed by atoms with E-state index in [2.05, 4.69) is 4.74 Å². The zero-order valence-electron chi connectivity index (χ0n) is 11.6. The molecule has 4 unspecified atom stereocenters. The zero-order chi connectivity index (χ0) is 16.3. The Balaban J connectivity index is 2.01. The van der Waals surface area contributed by atoms with Crippen molar-refractivity contribution in [3.8, 4) is 0 Å². The van der Waals surface area contributed by atoms with Crippen LogP contribution in [0.25, 0.3) is 0 Å². The molecule has 120 valence electrons. The van der Waals surface area contributed by atoms with Gasteiger partial charge in [-0.1, -0.05) is 30.3 Å². The summed E-state index contributed by atoms with van der Waals surface area (Å²) in [6.07, 6.45) is -10.9. The van der Waals surface area contributed by atoms with Crippen LogP contribution in [0.15, 0.2) is 30.3 Å². The zero-order valence-corrected chi connectivity index (χ0v) is 11.6. The number of hydrogen-bond acceptors (Lipinski definition) is 4. The molecule has 1 fully saturated rings. The van der Waals surface area contributed by atoms with Crippen LogP contribution in [0.1, 0.15) is 12.5 Å². The van der Waals surface area contributed by atoms with Gasteiger partial charge in [0.15, 0.2) is 12.3 Å². The Bertz CT molecular complexity index is 542. The van der Waals surface area contributed by atoms with Crippen molar-refractivity contribution in [3.05, 3.63) is 35.9 Å². The summed E-state index contributed by atoms with van der Waals surface area (Å²) in [5, 5.41) is 0. The molecule has 22 heavy (non-hydrogen) atoms. The first-order chi connectivity index (χ1) is 10.4. The molecule has 1 aliphatic heterocycles. The molecule has 0 spiro atoms. The number of nitrogens with zero attached hydrogens (tertiary/aromatic N) is 1. The van der Waals surface area contributed by atoms with E-state index < -0.39 is 36.9 Å². The third-order valence-corrected chi connectivity index (χ3v) is 3.10. The van der Waals surface area contributed by atoms with Crippen LogP contribution >= 0.6 is 0 Å². The van der Waals surface area contributed by atoms with E-state index in [0.29, 0.717) is 5.56 Å². The third-order valence-electron chi connectivity index (χ3n) is 3.10. The van der Waals surface area contributed by atoms with Gasteiger partial charge in [-0.2, -0.15) is 0 Å². The average Bonchev–Trinajstić information content (AvgIpc) is 2.69. The van der Waals surface area contributed by atoms with Gasteiger partial charge >= 0.3 is 12.1 Å². The lowest BCUT2D eigenvalue weighted by molar-refractivity contribution is -0.153. The smallest absolute Gasteiger partial charge is 0.414 e. The van der Waals surface area contributed by atoms with Crippen molar-refractivity contribution in [1.29, 1.82) is 0 Å². The Morgan fingerprint density at radius 2 is 1.77 bits per heavy atom. The van der Waals surface area contributed by atoms with E-state index in [4.69, 9.17) is 4.74 Å². The Labute approximate surface area is 124 Å². The first-order valence-corrected chi connectivity index (χ1v) is 6.50. The second-order valence-electron chi connectivity index (χ2n) is 4.71. The Hall–Kier alpha value is -2.25. The molecule has 1 saturated heterocycles. The lowest BCUT2D eigenvalue weighted by Gasteiger charge is -2.21. The molecule has 0 aliphatic carbocycles. The van der Waals surface area contributed by atoms with Crippen molar-refractivity contribution in [2.45, 2.75) is 38.4 Å². The summed E-state index contributed by atoms with van der Waals surface area (Å²) in [6.45, 7) is 0.716. The molecule has 1 aliphatic rings. The molecule has 0 bridgehead atoms. The van der Waals surface area contributed by atoms with Crippen LogP contribution in [-0.2, 0) is 20.9 Å². The third kappa shape index (κ3) is 3.32. The molecule has 4 atom stereocenters. The minimum absolute atomic E-state index is 0.0405. The normalized spacial score (nSPS) is 27.5. The molecular weight excluding hydrogens is 303 g/mol. The van der Waals surface area contributed by atoms with Crippen LogP contribution in [0.2, 0.25) is 0 Å². The van der Waals surface area contributed by atoms with E-state index in [-0.39, 0.29) is 11.5 Å². The first kappa shape index (κ1) is 16.1. The highest BCUT2D eigenvalue weighted by Gasteiger charge is 2.55. The number of carbonyl (C=O) groups is 2. The molecule has 1 aromatic carbocycles. The molecule has 0 saturated carbocycles. The second kappa shape index (κ2) is 6.67. The molecule has 1 aromatic rings. The molecule has 0 N–H and O–H groups in total. The minimum Gasteiger partial charge on any atom is -0.454 e. The van der Waals surface area contributed by atoms with Gasteiger partial charge in [-0.05, 0) is 5.56 Å². The summed E-state index contributed by atoms with van der Waals surface area (Å²) >= 11 is 0. The molecular formula is C14H14F3NO4. The summed E-state index contributed by atoms with van der Waals surface area (Å²) in [5.41, 5.74) is 0.606. The standard InChI is InChI=1S/C14H14F3NO4/c1-8(19)22-11-10(15)12(16)18(13(11)17)14(20)21-7-9-5-3-2-4-6-9/h2-6,10-13H,7H2,1H3. The quantitative estimate of drug-likeness (QED) is 0.635. The van der Waals surface area contributed by atoms with Crippen LogP contribution in [-0.4, -0.2) is 41.8 Å². The van der Waals surface area contributed by atoms with Crippen molar-refractivity contribution < 1.29 is 32.2 Å². The number of amides is 1. The number of likely N-dealkylation sites (tertiary alicyclic amines) is 1. The number of esters is 1. The average molecular weight is 317 g/mol. The van der Waals surface area contributed by atoms with Crippen LogP contribution in [0.4, 0.5) is 18.0 Å². The highest BCUT2D eigenvalue weighted by Crippen LogP contribution is 2.32. The van der Waals surface area contributed by atoms with Gasteiger partial charge in [0.2, 0.25) is 12.6 Å². The topological polar surface area (TPSA) is 55.8 Å². The summed E-state index contributed by atoms with van der Waals surface area (Å²) in [4.78, 5) is 22.5. The maximum Gasteiger partial charge on any atom is 0.414 e. The number of hydrogen-bond donors (Lipinski definition) is 0. The van der Waals surface area contributed by atoms with Crippen molar-refractivity contribution in [1.82, 2.24) is 4.90 Å². The molecule has 8 heteroatoms. The predicted molar refractivity (Wildman–Crippen MR) is 68.7 cm³/mol. The minimum atomic E-state index is -2.58. The van der Waals surface area contributed by atoms with E-state index in [1.165, 1.54) is 0 Å². The van der Waals surface area contributed by atoms with Crippen molar-refractivity contribution in [3.63, 3.8) is 0 Å². The summed E-state index contributed by atoms with van der Waals surface area (Å²) in [5.74, 6) is -0.970. The predicted octanol–water partition coefficient (Wildman–Crippen LogP) is 2.50. The molecule has 1 amide bonds. The maximum atomic E-state index is 14.0. The molecule has 2 rings (SSSR count). The maximum absolute atomic E-state index is 14.0. The summed E-state index contributed by atoms with van der Waals surface area (Å²) in [6, 6.07) is 8.44. The van der Waals surface area contributed by atoms with Gasteiger partial charge in [0.25, 0.3) is 0 Å². The van der Waals surface area contributed by atoms with Crippen LogP contribution in [0, 0.1) is 0 Å². The van der Waals surface area contributed by atoms with Gasteiger partial charge < -0.3 is 9.47 Å². The highest BCUT2D eigenvalue weighted by atomic mass is 19.2. The lowest BCUT2D eigenvalue weighted by Crippen LogP contribution is -2.40. The van der Waals surface area contributed by atoms with Crippen molar-refractivity contribution in [2.75, 3.05) is 0 Å². The van der Waals surface area contributed by atoms with E-state index in [1.807, 2.05) is 0 Å². The van der Waals surface area contributed by atoms with E-state index in [1.54, 1.807) is 30.3 Å². The number of carbonyl (C=O) groups excluding carboxylic acids is 2. The fourth-order valence-corrected chi connectivity index (χ4v) is 2.06. The SMILES string of the molecule is CC(=O)OC1C(F)C(F)N(C(=O)OCc2ccccc2)C1F. The summed E-state index contributed by atoms with van der Waals surface area (Å²) < 4.78 is 50.4. The fourth-order valence-electron chi connectivity index (χ4n) is 2.06. The van der Waals surface area contributed by atoms with Crippen molar-refractivity contribution >= 4 is 12.1 Å². The molecule has 1 heterocycles. The number of benzene rings is 1. The number of ether oxygens (including phenoxy) is 2. The molecule has 0 radical (unpaired) electrons. The van der Waals surface area contributed by atoms with E-state index in [0.717, 1.165) is 6.92 Å². The van der Waals surface area contributed by atoms with Gasteiger partial charge in [-0.25, -0.2) is 22.9 Å². The number of rotatable bonds is 3. The Morgan fingerprint density at radius 1 is 1.14 bits per heavy atom. The fraction of sp³-hybridized carbons (Fsp3) is 0.429. The van der Waals surface area contributed by atoms with Gasteiger partial charge in [0, 0.05) is 6.92 Å². The highest BCUT2D eigenvalue weighted by molar-refractivity contribution is 5.70. The monoisotopic (exact) mass is 317 g/mol. The van der Waals surface area contributed by atoms with Gasteiger partial charge in [-0.3, -0.25) is 4.79 Å². The van der Waals surface area contributed by atoms with E-state index in [9.17, 15) is 22.8 Å². The summed E-state index contributed by atoms with van der Waals surface area (Å²) in [7, 11) is 0. The molecule has 5 nitrogen and oxygen atoms in total. The van der Waals surface area contributed by atoms with Gasteiger partial charge in [0.05, 0.1) is 0 Å². The lowest BCUT2D eigenvalue weighted by atomic mass is 10.2. The number of halogens is 3. The van der Waals surface area contributed by atoms with Gasteiger partial charge in [0.1, 0.15) is 6.61 Å². The van der Waals surface area contributed by atoms with Crippen molar-refractivity contribution in [2.24, 2.45) is 0 Å². The molecule has 0 aromatic heterocycles. The Morgan fingerprint density at radius 3 is 2.36 bits per heavy atom. The van der Waals surface area contributed by atoms with E-state index >= 15 is 0 Å². The first-order valence-electron chi connectivity index (χ1n) is 6.50. The van der Waals surface area contributed by atoms with Crippen LogP contribution in [0.5, 0.6) is 0 Å². The van der Waals surface area contributed by atoms with Crippen LogP contribution in [0.3, 0.4) is 0 Å². The van der Waals surface area contributed by atoms with Gasteiger partial charge in [-0.15, -0.1) is 0 Å². The largest absolute Gasteiger partial charge is 0.454 e. The number of alkyl halides is 3. The van der Waals surface area contributed by atoms with Crippen LogP contribution < -0.4 is 0 Å².